The average Bonchev–Trinajstić information content (AvgIpc) is 3.27. The number of benzene rings is 1. The lowest BCUT2D eigenvalue weighted by molar-refractivity contribution is -0.117. The predicted molar refractivity (Wildman–Crippen MR) is 93.0 cm³/mol. The lowest BCUT2D eigenvalue weighted by Crippen LogP contribution is -2.33. The number of thioether (sulfide) groups is 1. The second-order valence-electron chi connectivity index (χ2n) is 5.31. The van der Waals surface area contributed by atoms with Gasteiger partial charge in [0.1, 0.15) is 12.1 Å². The fourth-order valence-electron chi connectivity index (χ4n) is 2.27. The van der Waals surface area contributed by atoms with E-state index in [1.807, 2.05) is 54.0 Å². The zero-order valence-electron chi connectivity index (χ0n) is 13.5. The summed E-state index contributed by atoms with van der Waals surface area (Å²) in [4.78, 5) is 14.3. The minimum absolute atomic E-state index is 0.0127. The first kappa shape index (κ1) is 16.3. The molecule has 0 N–H and O–H groups in total. The maximum Gasteiger partial charge on any atom is 0.240 e. The van der Waals surface area contributed by atoms with Crippen LogP contribution in [0, 0.1) is 0 Å². The maximum atomic E-state index is 12.6. The van der Waals surface area contributed by atoms with E-state index in [-0.39, 0.29) is 11.2 Å². The third-order valence-corrected chi connectivity index (χ3v) is 4.67. The van der Waals surface area contributed by atoms with Crippen LogP contribution in [0.1, 0.15) is 12.7 Å². The van der Waals surface area contributed by atoms with Gasteiger partial charge in [-0.05, 0) is 31.2 Å². The molecule has 124 valence electrons. The normalized spacial score (nSPS) is 12.1. The first-order valence-electron chi connectivity index (χ1n) is 7.54. The Morgan fingerprint density at radius 1 is 1.29 bits per heavy atom. The van der Waals surface area contributed by atoms with Crippen molar-refractivity contribution in [1.29, 1.82) is 0 Å². The Morgan fingerprint density at radius 2 is 2.08 bits per heavy atom. The minimum atomic E-state index is -0.283. The Bertz CT molecular complexity index is 786. The highest BCUT2D eigenvalue weighted by Crippen LogP contribution is 2.24. The number of hydrogen-bond donors (Lipinski definition) is 0. The van der Waals surface area contributed by atoms with Gasteiger partial charge in [-0.1, -0.05) is 30.0 Å². The predicted octanol–water partition coefficient (Wildman–Crippen LogP) is 3.06. The molecule has 0 fully saturated rings. The van der Waals surface area contributed by atoms with Crippen LogP contribution >= 0.6 is 11.8 Å². The monoisotopic (exact) mass is 342 g/mol. The van der Waals surface area contributed by atoms with Crippen LogP contribution in [0.15, 0.2) is 64.6 Å². The fraction of sp³-hybridized carbons (Fsp3) is 0.235. The summed E-state index contributed by atoms with van der Waals surface area (Å²) < 4.78 is 7.22. The molecule has 1 unspecified atom stereocenters. The SMILES string of the molecule is CC(Sc1nncn1Cc1ccco1)C(=O)N(C)c1ccccc1. The van der Waals surface area contributed by atoms with E-state index in [1.54, 1.807) is 24.5 Å². The highest BCUT2D eigenvalue weighted by atomic mass is 32.2. The van der Waals surface area contributed by atoms with Gasteiger partial charge in [0.05, 0.1) is 18.1 Å². The van der Waals surface area contributed by atoms with Crippen LogP contribution in [0.25, 0.3) is 0 Å². The van der Waals surface area contributed by atoms with E-state index in [4.69, 9.17) is 4.42 Å². The van der Waals surface area contributed by atoms with Gasteiger partial charge in [0.15, 0.2) is 5.16 Å². The smallest absolute Gasteiger partial charge is 0.240 e. The number of carbonyl (C=O) groups excluding carboxylic acids is 1. The van der Waals surface area contributed by atoms with Crippen molar-refractivity contribution < 1.29 is 9.21 Å². The molecule has 0 saturated carbocycles. The first-order chi connectivity index (χ1) is 11.6. The van der Waals surface area contributed by atoms with Crippen molar-refractivity contribution >= 4 is 23.4 Å². The van der Waals surface area contributed by atoms with Crippen LogP contribution < -0.4 is 4.90 Å². The molecule has 7 heteroatoms. The molecule has 0 saturated heterocycles. The van der Waals surface area contributed by atoms with Crippen molar-refractivity contribution in [2.24, 2.45) is 0 Å². The van der Waals surface area contributed by atoms with Crippen molar-refractivity contribution in [1.82, 2.24) is 14.8 Å². The van der Waals surface area contributed by atoms with Crippen molar-refractivity contribution in [3.8, 4) is 0 Å². The molecule has 0 radical (unpaired) electrons. The van der Waals surface area contributed by atoms with Crippen LogP contribution in [-0.4, -0.2) is 33.0 Å². The summed E-state index contributed by atoms with van der Waals surface area (Å²) in [6, 6.07) is 13.3. The van der Waals surface area contributed by atoms with Crippen molar-refractivity contribution in [2.45, 2.75) is 23.9 Å². The second kappa shape index (κ2) is 7.35. The highest BCUT2D eigenvalue weighted by molar-refractivity contribution is 8.00. The molecule has 0 aliphatic heterocycles. The molecule has 2 heterocycles. The summed E-state index contributed by atoms with van der Waals surface area (Å²) in [5.74, 6) is 0.829. The molecule has 0 spiro atoms. The molecule has 24 heavy (non-hydrogen) atoms. The van der Waals surface area contributed by atoms with E-state index in [2.05, 4.69) is 10.2 Å². The van der Waals surface area contributed by atoms with Crippen LogP contribution in [-0.2, 0) is 11.3 Å². The lowest BCUT2D eigenvalue weighted by Gasteiger charge is -2.21. The summed E-state index contributed by atoms with van der Waals surface area (Å²) in [6.45, 7) is 2.41. The van der Waals surface area contributed by atoms with E-state index >= 15 is 0 Å². The number of amides is 1. The zero-order valence-corrected chi connectivity index (χ0v) is 14.3. The van der Waals surface area contributed by atoms with Gasteiger partial charge in [0, 0.05) is 12.7 Å². The number of hydrogen-bond acceptors (Lipinski definition) is 5. The summed E-state index contributed by atoms with van der Waals surface area (Å²) in [5, 5.41) is 8.46. The minimum Gasteiger partial charge on any atom is -0.467 e. The third kappa shape index (κ3) is 3.68. The number of nitrogens with zero attached hydrogens (tertiary/aromatic N) is 4. The Balaban J connectivity index is 1.67. The van der Waals surface area contributed by atoms with Crippen LogP contribution in [0.4, 0.5) is 5.69 Å². The fourth-order valence-corrected chi connectivity index (χ4v) is 3.19. The highest BCUT2D eigenvalue weighted by Gasteiger charge is 2.22. The van der Waals surface area contributed by atoms with Gasteiger partial charge in [-0.2, -0.15) is 0 Å². The quantitative estimate of drug-likeness (QED) is 0.644. The topological polar surface area (TPSA) is 64.2 Å². The average molecular weight is 342 g/mol. The second-order valence-corrected chi connectivity index (χ2v) is 6.62. The number of para-hydroxylation sites is 1. The van der Waals surface area contributed by atoms with Crippen molar-refractivity contribution in [3.05, 3.63) is 60.8 Å². The number of anilines is 1. The summed E-state index contributed by atoms with van der Waals surface area (Å²) in [5.41, 5.74) is 0.868. The van der Waals surface area contributed by atoms with Gasteiger partial charge in [-0.15, -0.1) is 10.2 Å². The van der Waals surface area contributed by atoms with Gasteiger partial charge >= 0.3 is 0 Å². The molecule has 1 atom stereocenters. The van der Waals surface area contributed by atoms with E-state index in [1.165, 1.54) is 11.8 Å². The summed E-state index contributed by atoms with van der Waals surface area (Å²) in [7, 11) is 1.78. The third-order valence-electron chi connectivity index (χ3n) is 3.59. The Morgan fingerprint density at radius 3 is 2.79 bits per heavy atom. The summed E-state index contributed by atoms with van der Waals surface area (Å²) >= 11 is 1.39. The van der Waals surface area contributed by atoms with E-state index in [0.29, 0.717) is 11.7 Å². The van der Waals surface area contributed by atoms with Crippen LogP contribution in [0.3, 0.4) is 0 Å². The Hall–Kier alpha value is -2.54. The molecule has 1 aromatic carbocycles. The van der Waals surface area contributed by atoms with Crippen LogP contribution in [0.2, 0.25) is 0 Å². The molecule has 3 aromatic rings. The number of aromatic nitrogens is 3. The van der Waals surface area contributed by atoms with Gasteiger partial charge in [-0.25, -0.2) is 0 Å². The first-order valence-corrected chi connectivity index (χ1v) is 8.42. The molecule has 2 aromatic heterocycles. The number of carbonyl (C=O) groups is 1. The summed E-state index contributed by atoms with van der Waals surface area (Å²) in [6.07, 6.45) is 3.27. The molecule has 0 aliphatic rings. The van der Waals surface area contributed by atoms with Gasteiger partial charge in [-0.3, -0.25) is 4.79 Å². The zero-order chi connectivity index (χ0) is 16.9. The molecule has 3 rings (SSSR count). The van der Waals surface area contributed by atoms with Gasteiger partial charge in [0.25, 0.3) is 0 Å². The van der Waals surface area contributed by atoms with Gasteiger partial charge < -0.3 is 13.9 Å². The Labute approximate surface area is 144 Å². The molecule has 6 nitrogen and oxygen atoms in total. The van der Waals surface area contributed by atoms with Crippen LogP contribution in [0.5, 0.6) is 0 Å². The molecular weight excluding hydrogens is 324 g/mol. The van der Waals surface area contributed by atoms with E-state index in [9.17, 15) is 4.79 Å². The standard InChI is InChI=1S/C17H18N4O2S/c1-13(16(22)20(2)14-7-4-3-5-8-14)24-17-19-18-12-21(17)11-15-9-6-10-23-15/h3-10,12-13H,11H2,1-2H3. The van der Waals surface area contributed by atoms with Gasteiger partial charge in [0.2, 0.25) is 5.91 Å². The van der Waals surface area contributed by atoms with E-state index in [0.717, 1.165) is 11.4 Å². The molecule has 1 amide bonds. The largest absolute Gasteiger partial charge is 0.467 e. The molecule has 0 aliphatic carbocycles. The maximum absolute atomic E-state index is 12.6. The van der Waals surface area contributed by atoms with Crippen molar-refractivity contribution in [2.75, 3.05) is 11.9 Å². The van der Waals surface area contributed by atoms with Crippen molar-refractivity contribution in [3.63, 3.8) is 0 Å². The molecular formula is C17H18N4O2S. The van der Waals surface area contributed by atoms with E-state index < -0.39 is 0 Å². The lowest BCUT2D eigenvalue weighted by atomic mass is 10.3. The number of rotatable bonds is 6. The number of furan rings is 1. The molecule has 0 bridgehead atoms. The Kier molecular flexibility index (Phi) is 5.00.